The molecule has 0 radical (unpaired) electrons. The Morgan fingerprint density at radius 3 is 2.67 bits per heavy atom. The van der Waals surface area contributed by atoms with Crippen molar-refractivity contribution in [3.05, 3.63) is 20.8 Å². The van der Waals surface area contributed by atoms with Gasteiger partial charge in [-0.05, 0) is 25.5 Å². The van der Waals surface area contributed by atoms with E-state index in [1.54, 1.807) is 11.3 Å². The Morgan fingerprint density at radius 2 is 2.13 bits per heavy atom. The highest BCUT2D eigenvalue weighted by Crippen LogP contribution is 2.33. The number of thiophene rings is 1. The molecule has 15 heavy (non-hydrogen) atoms. The van der Waals surface area contributed by atoms with Crippen LogP contribution in [0.4, 0.5) is 0 Å². The van der Waals surface area contributed by atoms with E-state index in [1.807, 2.05) is 0 Å². The highest BCUT2D eigenvalue weighted by Gasteiger charge is 2.20. The van der Waals surface area contributed by atoms with Crippen molar-refractivity contribution in [2.24, 2.45) is 0 Å². The fourth-order valence-corrected chi connectivity index (χ4v) is 3.50. The first-order valence-corrected chi connectivity index (χ1v) is 6.58. The molecule has 1 atom stereocenters. The summed E-state index contributed by atoms with van der Waals surface area (Å²) in [5.41, 5.74) is 1.33. The van der Waals surface area contributed by atoms with Crippen LogP contribution in [0.15, 0.2) is 6.07 Å². The first kappa shape index (κ1) is 11.4. The average molecular weight is 245 g/mol. The van der Waals surface area contributed by atoms with Crippen LogP contribution in [0.1, 0.15) is 23.4 Å². The van der Waals surface area contributed by atoms with Crippen LogP contribution < -0.4 is 5.32 Å². The molecule has 2 rings (SSSR count). The number of hydrogen-bond acceptors (Lipinski definition) is 3. The summed E-state index contributed by atoms with van der Waals surface area (Å²) in [4.78, 5) is 3.94. The third-order valence-electron chi connectivity index (χ3n) is 3.00. The van der Waals surface area contributed by atoms with Crippen LogP contribution >= 0.6 is 22.9 Å². The lowest BCUT2D eigenvalue weighted by Gasteiger charge is -2.32. The SMILES string of the molecule is Cc1cc(Cl)sc1C(C)N1CCNCC1. The second kappa shape index (κ2) is 4.83. The number of halogens is 1. The molecule has 0 bridgehead atoms. The van der Waals surface area contributed by atoms with E-state index >= 15 is 0 Å². The normalized spacial score (nSPS) is 20.5. The fourth-order valence-electron chi connectivity index (χ4n) is 2.11. The number of nitrogens with one attached hydrogen (secondary N) is 1. The van der Waals surface area contributed by atoms with Crippen LogP contribution in [0, 0.1) is 6.92 Å². The van der Waals surface area contributed by atoms with E-state index in [0.29, 0.717) is 6.04 Å². The number of nitrogens with zero attached hydrogens (tertiary/aromatic N) is 1. The van der Waals surface area contributed by atoms with Gasteiger partial charge in [0.2, 0.25) is 0 Å². The molecular weight excluding hydrogens is 228 g/mol. The van der Waals surface area contributed by atoms with E-state index in [4.69, 9.17) is 11.6 Å². The van der Waals surface area contributed by atoms with Crippen molar-refractivity contribution in [2.45, 2.75) is 19.9 Å². The molecule has 1 unspecified atom stereocenters. The lowest BCUT2D eigenvalue weighted by Crippen LogP contribution is -2.44. The van der Waals surface area contributed by atoms with Gasteiger partial charge in [-0.25, -0.2) is 0 Å². The Balaban J connectivity index is 2.12. The van der Waals surface area contributed by atoms with E-state index in [2.05, 4.69) is 30.1 Å². The molecule has 0 spiro atoms. The largest absolute Gasteiger partial charge is 0.314 e. The molecule has 1 saturated heterocycles. The highest BCUT2D eigenvalue weighted by atomic mass is 35.5. The molecule has 0 amide bonds. The quantitative estimate of drug-likeness (QED) is 0.861. The molecule has 0 aliphatic carbocycles. The van der Waals surface area contributed by atoms with E-state index < -0.39 is 0 Å². The lowest BCUT2D eigenvalue weighted by atomic mass is 10.1. The molecule has 1 aliphatic rings. The van der Waals surface area contributed by atoms with Crippen LogP contribution in [0.25, 0.3) is 0 Å². The predicted octanol–water partition coefficient (Wildman–Crippen LogP) is 2.68. The number of aryl methyl sites for hydroxylation is 1. The van der Waals surface area contributed by atoms with Crippen molar-refractivity contribution in [2.75, 3.05) is 26.2 Å². The Bertz CT molecular complexity index is 331. The molecule has 1 N–H and O–H groups in total. The first-order valence-electron chi connectivity index (χ1n) is 5.39. The average Bonchev–Trinajstić information content (AvgIpc) is 2.58. The Labute approximate surface area is 100 Å². The third kappa shape index (κ3) is 2.53. The molecule has 2 heterocycles. The lowest BCUT2D eigenvalue weighted by molar-refractivity contribution is 0.187. The molecule has 1 aromatic heterocycles. The Morgan fingerprint density at radius 1 is 1.47 bits per heavy atom. The van der Waals surface area contributed by atoms with Crippen LogP contribution in [-0.4, -0.2) is 31.1 Å². The summed E-state index contributed by atoms with van der Waals surface area (Å²) in [5.74, 6) is 0. The minimum atomic E-state index is 0.504. The summed E-state index contributed by atoms with van der Waals surface area (Å²) in [6, 6.07) is 2.57. The van der Waals surface area contributed by atoms with Crippen LogP contribution in [0.3, 0.4) is 0 Å². The topological polar surface area (TPSA) is 15.3 Å². The van der Waals surface area contributed by atoms with Crippen molar-refractivity contribution in [1.82, 2.24) is 10.2 Å². The molecule has 4 heteroatoms. The summed E-state index contributed by atoms with van der Waals surface area (Å²) in [6.45, 7) is 8.90. The van der Waals surface area contributed by atoms with Gasteiger partial charge in [-0.1, -0.05) is 11.6 Å². The van der Waals surface area contributed by atoms with Crippen LogP contribution in [0.5, 0.6) is 0 Å². The van der Waals surface area contributed by atoms with E-state index in [9.17, 15) is 0 Å². The minimum absolute atomic E-state index is 0.504. The summed E-state index contributed by atoms with van der Waals surface area (Å²) in [6.07, 6.45) is 0. The maximum Gasteiger partial charge on any atom is 0.0934 e. The van der Waals surface area contributed by atoms with Gasteiger partial charge in [0.1, 0.15) is 0 Å². The first-order chi connectivity index (χ1) is 7.18. The zero-order valence-electron chi connectivity index (χ0n) is 9.22. The molecule has 0 aromatic carbocycles. The minimum Gasteiger partial charge on any atom is -0.314 e. The van der Waals surface area contributed by atoms with Gasteiger partial charge < -0.3 is 5.32 Å². The van der Waals surface area contributed by atoms with E-state index in [1.165, 1.54) is 10.4 Å². The number of piperazine rings is 1. The highest BCUT2D eigenvalue weighted by molar-refractivity contribution is 7.16. The summed E-state index contributed by atoms with van der Waals surface area (Å²) in [5, 5.41) is 3.38. The van der Waals surface area contributed by atoms with Crippen molar-refractivity contribution < 1.29 is 0 Å². The molecule has 2 nitrogen and oxygen atoms in total. The van der Waals surface area contributed by atoms with Crippen molar-refractivity contribution in [3.8, 4) is 0 Å². The zero-order valence-corrected chi connectivity index (χ0v) is 10.8. The van der Waals surface area contributed by atoms with Crippen LogP contribution in [0.2, 0.25) is 4.34 Å². The smallest absolute Gasteiger partial charge is 0.0934 e. The zero-order chi connectivity index (χ0) is 10.8. The van der Waals surface area contributed by atoms with Crippen molar-refractivity contribution >= 4 is 22.9 Å². The standard InChI is InChI=1S/C11H17ClN2S/c1-8-7-10(12)15-11(8)9(2)14-5-3-13-4-6-14/h7,9,13H,3-6H2,1-2H3. The van der Waals surface area contributed by atoms with Crippen molar-refractivity contribution in [3.63, 3.8) is 0 Å². The maximum atomic E-state index is 6.04. The van der Waals surface area contributed by atoms with Crippen LogP contribution in [-0.2, 0) is 0 Å². The Kier molecular flexibility index (Phi) is 3.67. The van der Waals surface area contributed by atoms with E-state index in [0.717, 1.165) is 30.5 Å². The second-order valence-corrected chi connectivity index (χ2v) is 5.77. The van der Waals surface area contributed by atoms with E-state index in [-0.39, 0.29) is 0 Å². The monoisotopic (exact) mass is 244 g/mol. The molecule has 1 fully saturated rings. The maximum absolute atomic E-state index is 6.04. The number of hydrogen-bond donors (Lipinski definition) is 1. The molecular formula is C11H17ClN2S. The van der Waals surface area contributed by atoms with Crippen molar-refractivity contribution in [1.29, 1.82) is 0 Å². The van der Waals surface area contributed by atoms with Gasteiger partial charge in [-0.15, -0.1) is 11.3 Å². The number of rotatable bonds is 2. The van der Waals surface area contributed by atoms with Gasteiger partial charge in [0.05, 0.1) is 4.34 Å². The summed E-state index contributed by atoms with van der Waals surface area (Å²) in [7, 11) is 0. The van der Waals surface area contributed by atoms with Gasteiger partial charge in [-0.3, -0.25) is 4.90 Å². The van der Waals surface area contributed by atoms with Gasteiger partial charge in [0.25, 0.3) is 0 Å². The Hall–Kier alpha value is -0.0900. The van der Waals surface area contributed by atoms with Gasteiger partial charge >= 0.3 is 0 Å². The van der Waals surface area contributed by atoms with Gasteiger partial charge in [-0.2, -0.15) is 0 Å². The predicted molar refractivity (Wildman–Crippen MR) is 66.9 cm³/mol. The molecule has 1 aromatic rings. The molecule has 0 saturated carbocycles. The summed E-state index contributed by atoms with van der Waals surface area (Å²) >= 11 is 7.76. The van der Waals surface area contributed by atoms with Gasteiger partial charge in [0.15, 0.2) is 0 Å². The van der Waals surface area contributed by atoms with Gasteiger partial charge in [0, 0.05) is 37.1 Å². The summed E-state index contributed by atoms with van der Waals surface area (Å²) < 4.78 is 0.907. The molecule has 1 aliphatic heterocycles. The second-order valence-electron chi connectivity index (χ2n) is 4.06. The fraction of sp³-hybridized carbons (Fsp3) is 0.636. The third-order valence-corrected chi connectivity index (χ3v) is 4.54. The molecule has 84 valence electrons.